The third kappa shape index (κ3) is 5.29. The maximum atomic E-state index is 13.2. The van der Waals surface area contributed by atoms with Crippen LogP contribution < -0.4 is 5.32 Å². The zero-order valence-electron chi connectivity index (χ0n) is 11.0. The van der Waals surface area contributed by atoms with Crippen LogP contribution in [0.5, 0.6) is 0 Å². The quantitative estimate of drug-likeness (QED) is 0.786. The van der Waals surface area contributed by atoms with Crippen LogP contribution in [0.2, 0.25) is 0 Å². The lowest BCUT2D eigenvalue weighted by Gasteiger charge is -2.21. The van der Waals surface area contributed by atoms with Gasteiger partial charge in [-0.25, -0.2) is 4.39 Å². The fourth-order valence-electron chi connectivity index (χ4n) is 1.82. The molecule has 1 unspecified atom stereocenters. The standard InChI is InChI=1S/C14H23FN2/c1-4-9-16-14(8-10-17(2)3)12-6-5-7-13(15)11-12/h5-7,11,14,16H,4,8-10H2,1-3H3. The van der Waals surface area contributed by atoms with Crippen molar-refractivity contribution in [3.05, 3.63) is 35.6 Å². The van der Waals surface area contributed by atoms with Gasteiger partial charge in [0.1, 0.15) is 5.82 Å². The molecule has 0 saturated carbocycles. The van der Waals surface area contributed by atoms with E-state index in [9.17, 15) is 4.39 Å². The SMILES string of the molecule is CCCNC(CCN(C)C)c1cccc(F)c1. The Balaban J connectivity index is 2.67. The Morgan fingerprint density at radius 3 is 2.71 bits per heavy atom. The lowest BCUT2D eigenvalue weighted by Crippen LogP contribution is -2.26. The monoisotopic (exact) mass is 238 g/mol. The third-order valence-corrected chi connectivity index (χ3v) is 2.76. The Bertz CT molecular complexity index is 326. The minimum absolute atomic E-state index is 0.157. The lowest BCUT2D eigenvalue weighted by molar-refractivity contribution is 0.360. The molecule has 0 aliphatic carbocycles. The second kappa shape index (κ2) is 7.41. The van der Waals surface area contributed by atoms with Crippen LogP contribution in [0.4, 0.5) is 4.39 Å². The first-order valence-corrected chi connectivity index (χ1v) is 6.27. The van der Waals surface area contributed by atoms with Gasteiger partial charge >= 0.3 is 0 Å². The van der Waals surface area contributed by atoms with Crippen LogP contribution >= 0.6 is 0 Å². The fourth-order valence-corrected chi connectivity index (χ4v) is 1.82. The minimum Gasteiger partial charge on any atom is -0.310 e. The van der Waals surface area contributed by atoms with Crippen molar-refractivity contribution in [1.82, 2.24) is 10.2 Å². The molecule has 1 N–H and O–H groups in total. The maximum Gasteiger partial charge on any atom is 0.123 e. The fraction of sp³-hybridized carbons (Fsp3) is 0.571. The molecule has 0 bridgehead atoms. The van der Waals surface area contributed by atoms with Crippen molar-refractivity contribution in [1.29, 1.82) is 0 Å². The average Bonchev–Trinajstić information content (AvgIpc) is 2.29. The molecule has 1 aromatic rings. The molecule has 0 saturated heterocycles. The Morgan fingerprint density at radius 1 is 1.35 bits per heavy atom. The first-order valence-electron chi connectivity index (χ1n) is 6.27. The van der Waals surface area contributed by atoms with E-state index >= 15 is 0 Å². The van der Waals surface area contributed by atoms with Gasteiger partial charge in [0.15, 0.2) is 0 Å². The summed E-state index contributed by atoms with van der Waals surface area (Å²) in [6.45, 7) is 4.11. The number of hydrogen-bond donors (Lipinski definition) is 1. The number of benzene rings is 1. The Kier molecular flexibility index (Phi) is 6.16. The molecule has 96 valence electrons. The van der Waals surface area contributed by atoms with E-state index in [1.54, 1.807) is 12.1 Å². The van der Waals surface area contributed by atoms with Crippen molar-refractivity contribution in [3.63, 3.8) is 0 Å². The van der Waals surface area contributed by atoms with E-state index in [1.807, 2.05) is 6.07 Å². The molecule has 0 aliphatic rings. The molecule has 1 aromatic carbocycles. The molecule has 3 heteroatoms. The van der Waals surface area contributed by atoms with Crippen molar-refractivity contribution < 1.29 is 4.39 Å². The van der Waals surface area contributed by atoms with Gasteiger partial charge in [-0.2, -0.15) is 0 Å². The van der Waals surface area contributed by atoms with Gasteiger partial charge in [0.25, 0.3) is 0 Å². The van der Waals surface area contributed by atoms with Crippen molar-refractivity contribution >= 4 is 0 Å². The molecule has 0 aliphatic heterocycles. The summed E-state index contributed by atoms with van der Waals surface area (Å²) in [5.74, 6) is -0.157. The molecular weight excluding hydrogens is 215 g/mol. The van der Waals surface area contributed by atoms with E-state index in [4.69, 9.17) is 0 Å². The van der Waals surface area contributed by atoms with Crippen LogP contribution in [0.15, 0.2) is 24.3 Å². The highest BCUT2D eigenvalue weighted by molar-refractivity contribution is 5.20. The van der Waals surface area contributed by atoms with Crippen LogP contribution in [-0.2, 0) is 0 Å². The number of rotatable bonds is 7. The van der Waals surface area contributed by atoms with Crippen LogP contribution in [0.3, 0.4) is 0 Å². The summed E-state index contributed by atoms with van der Waals surface area (Å²) in [5.41, 5.74) is 1.04. The third-order valence-electron chi connectivity index (χ3n) is 2.76. The summed E-state index contributed by atoms with van der Waals surface area (Å²) in [6, 6.07) is 7.13. The molecule has 1 rings (SSSR count). The molecule has 17 heavy (non-hydrogen) atoms. The second-order valence-corrected chi connectivity index (χ2v) is 4.65. The summed E-state index contributed by atoms with van der Waals surface area (Å²) < 4.78 is 13.2. The molecule has 2 nitrogen and oxygen atoms in total. The molecule has 0 fully saturated rings. The maximum absolute atomic E-state index is 13.2. The summed E-state index contributed by atoms with van der Waals surface area (Å²) in [7, 11) is 4.12. The molecular formula is C14H23FN2. The minimum atomic E-state index is -0.157. The van der Waals surface area contributed by atoms with E-state index in [0.29, 0.717) is 0 Å². The van der Waals surface area contributed by atoms with E-state index in [1.165, 1.54) is 6.07 Å². The molecule has 0 radical (unpaired) electrons. The average molecular weight is 238 g/mol. The summed E-state index contributed by atoms with van der Waals surface area (Å²) in [5, 5.41) is 3.47. The highest BCUT2D eigenvalue weighted by Crippen LogP contribution is 2.18. The first-order chi connectivity index (χ1) is 8.13. The van der Waals surface area contributed by atoms with Gasteiger partial charge in [-0.3, -0.25) is 0 Å². The number of nitrogens with one attached hydrogen (secondary N) is 1. The predicted octanol–water partition coefficient (Wildman–Crippen LogP) is 2.82. The van der Waals surface area contributed by atoms with Crippen molar-refractivity contribution in [2.45, 2.75) is 25.8 Å². The molecule has 0 aromatic heterocycles. The largest absolute Gasteiger partial charge is 0.310 e. The van der Waals surface area contributed by atoms with Gasteiger partial charge in [-0.1, -0.05) is 19.1 Å². The van der Waals surface area contributed by atoms with Gasteiger partial charge in [-0.15, -0.1) is 0 Å². The lowest BCUT2D eigenvalue weighted by atomic mass is 10.0. The number of hydrogen-bond acceptors (Lipinski definition) is 2. The van der Waals surface area contributed by atoms with Gasteiger partial charge in [-0.05, 0) is 57.7 Å². The molecule has 1 atom stereocenters. The van der Waals surface area contributed by atoms with E-state index in [-0.39, 0.29) is 11.9 Å². The zero-order valence-corrected chi connectivity index (χ0v) is 11.0. The van der Waals surface area contributed by atoms with E-state index in [0.717, 1.165) is 31.5 Å². The number of nitrogens with zero attached hydrogens (tertiary/aromatic N) is 1. The Hall–Kier alpha value is -0.930. The Morgan fingerprint density at radius 2 is 2.12 bits per heavy atom. The second-order valence-electron chi connectivity index (χ2n) is 4.65. The molecule has 0 heterocycles. The molecule has 0 spiro atoms. The van der Waals surface area contributed by atoms with Gasteiger partial charge in [0.2, 0.25) is 0 Å². The first kappa shape index (κ1) is 14.1. The van der Waals surface area contributed by atoms with Crippen molar-refractivity contribution in [2.75, 3.05) is 27.2 Å². The smallest absolute Gasteiger partial charge is 0.123 e. The Labute approximate surface area is 104 Å². The molecule has 0 amide bonds. The topological polar surface area (TPSA) is 15.3 Å². The highest BCUT2D eigenvalue weighted by atomic mass is 19.1. The highest BCUT2D eigenvalue weighted by Gasteiger charge is 2.11. The van der Waals surface area contributed by atoms with Crippen LogP contribution in [0.25, 0.3) is 0 Å². The van der Waals surface area contributed by atoms with Crippen LogP contribution in [-0.4, -0.2) is 32.1 Å². The normalized spacial score (nSPS) is 13.0. The van der Waals surface area contributed by atoms with Crippen LogP contribution in [0, 0.1) is 5.82 Å². The van der Waals surface area contributed by atoms with Gasteiger partial charge in [0, 0.05) is 6.04 Å². The summed E-state index contributed by atoms with van der Waals surface area (Å²) in [4.78, 5) is 2.15. The van der Waals surface area contributed by atoms with Gasteiger partial charge < -0.3 is 10.2 Å². The summed E-state index contributed by atoms with van der Waals surface area (Å²) in [6.07, 6.45) is 2.09. The van der Waals surface area contributed by atoms with Crippen LogP contribution in [0.1, 0.15) is 31.4 Å². The van der Waals surface area contributed by atoms with E-state index in [2.05, 4.69) is 31.2 Å². The summed E-state index contributed by atoms with van der Waals surface area (Å²) >= 11 is 0. The van der Waals surface area contributed by atoms with Crippen molar-refractivity contribution in [2.24, 2.45) is 0 Å². The van der Waals surface area contributed by atoms with E-state index < -0.39 is 0 Å². The van der Waals surface area contributed by atoms with Gasteiger partial charge in [0.05, 0.1) is 0 Å². The van der Waals surface area contributed by atoms with Crippen molar-refractivity contribution in [3.8, 4) is 0 Å². The zero-order chi connectivity index (χ0) is 12.7. The number of halogens is 1. The predicted molar refractivity (Wildman–Crippen MR) is 70.6 cm³/mol.